The Balaban J connectivity index is 0.000000156. The Kier molecular flexibility index (Phi) is 15.8. The summed E-state index contributed by atoms with van der Waals surface area (Å²) in [6, 6.07) is 77.3. The molecule has 8 rings (SSSR count). The summed E-state index contributed by atoms with van der Waals surface area (Å²) in [6.07, 6.45) is 4.48. The largest absolute Gasteiger partial charge is 0.508 e. The lowest BCUT2D eigenvalue weighted by Gasteiger charge is -2.08. The highest BCUT2D eigenvalue weighted by Crippen LogP contribution is 2.27. The van der Waals surface area contributed by atoms with E-state index in [1.165, 1.54) is 50.1 Å². The number of phenolic OH excluding ortho intramolecular Hbond substituents is 2. The monoisotopic (exact) mass is 728 g/mol. The van der Waals surface area contributed by atoms with E-state index in [1.54, 1.807) is 18.2 Å². The molecule has 0 aliphatic carbocycles. The molecule has 0 aromatic heterocycles. The molecule has 2 heteroatoms. The molecule has 0 bridgehead atoms. The summed E-state index contributed by atoms with van der Waals surface area (Å²) in [6.45, 7) is 3.86. The van der Waals surface area contributed by atoms with Gasteiger partial charge in [-0.05, 0) is 94.3 Å². The maximum Gasteiger partial charge on any atom is 0.118 e. The zero-order valence-electron chi connectivity index (χ0n) is 32.0. The number of aromatic hydroxyl groups is 2. The van der Waals surface area contributed by atoms with Gasteiger partial charge < -0.3 is 10.2 Å². The Morgan fingerprint density at radius 3 is 0.875 bits per heavy atom. The molecule has 0 heterocycles. The Labute approximate surface area is 332 Å². The van der Waals surface area contributed by atoms with Crippen LogP contribution in [0.4, 0.5) is 0 Å². The van der Waals surface area contributed by atoms with Crippen LogP contribution in [-0.2, 0) is 0 Å². The van der Waals surface area contributed by atoms with E-state index in [4.69, 9.17) is 10.2 Å². The van der Waals surface area contributed by atoms with Gasteiger partial charge in [-0.25, -0.2) is 0 Å². The van der Waals surface area contributed by atoms with Crippen LogP contribution in [0, 0.1) is 13.8 Å². The fourth-order valence-corrected chi connectivity index (χ4v) is 5.68. The molecular formula is C54H48O2. The van der Waals surface area contributed by atoms with Gasteiger partial charge in [-0.1, -0.05) is 218 Å². The summed E-state index contributed by atoms with van der Waals surface area (Å²) >= 11 is 0. The van der Waals surface area contributed by atoms with Gasteiger partial charge in [-0.15, -0.1) is 0 Å². The SMILES string of the molecule is C(=C(c1ccccc1)c1ccccc1)c1ccccc1.C(=C(c1ccccc1)c1ccccc1)c1ccccc1.Cc1ccc(O)cc1.Cc1ccccc1O. The van der Waals surface area contributed by atoms with Crippen molar-refractivity contribution in [3.05, 3.63) is 275 Å². The van der Waals surface area contributed by atoms with E-state index < -0.39 is 0 Å². The number of benzene rings is 8. The van der Waals surface area contributed by atoms with Crippen LogP contribution in [0.2, 0.25) is 0 Å². The second-order valence-corrected chi connectivity index (χ2v) is 13.0. The molecule has 276 valence electrons. The maximum absolute atomic E-state index is 8.92. The molecule has 0 radical (unpaired) electrons. The van der Waals surface area contributed by atoms with Crippen molar-refractivity contribution in [2.45, 2.75) is 13.8 Å². The summed E-state index contributed by atoms with van der Waals surface area (Å²) in [5.41, 5.74) is 12.0. The number of hydrogen-bond acceptors (Lipinski definition) is 2. The Bertz CT molecular complexity index is 2080. The van der Waals surface area contributed by atoms with Gasteiger partial charge in [0.2, 0.25) is 0 Å². The Morgan fingerprint density at radius 1 is 0.321 bits per heavy atom. The van der Waals surface area contributed by atoms with E-state index in [9.17, 15) is 0 Å². The van der Waals surface area contributed by atoms with Crippen molar-refractivity contribution in [1.29, 1.82) is 0 Å². The van der Waals surface area contributed by atoms with Crippen molar-refractivity contribution in [3.8, 4) is 11.5 Å². The van der Waals surface area contributed by atoms with Crippen LogP contribution in [0.15, 0.2) is 231 Å². The van der Waals surface area contributed by atoms with E-state index >= 15 is 0 Å². The lowest BCUT2D eigenvalue weighted by molar-refractivity contribution is 0.471. The molecule has 0 aliphatic rings. The molecule has 0 amide bonds. The van der Waals surface area contributed by atoms with Crippen LogP contribution in [0.25, 0.3) is 23.3 Å². The van der Waals surface area contributed by atoms with Gasteiger partial charge in [0.05, 0.1) is 0 Å². The first-order chi connectivity index (χ1) is 27.5. The van der Waals surface area contributed by atoms with Gasteiger partial charge in [0.25, 0.3) is 0 Å². The zero-order chi connectivity index (χ0) is 39.2. The molecular weight excluding hydrogens is 681 g/mol. The highest BCUT2D eigenvalue weighted by molar-refractivity contribution is 5.92. The van der Waals surface area contributed by atoms with Crippen LogP contribution in [0.1, 0.15) is 44.5 Å². The van der Waals surface area contributed by atoms with Crippen LogP contribution in [0.3, 0.4) is 0 Å². The van der Waals surface area contributed by atoms with Crippen molar-refractivity contribution in [3.63, 3.8) is 0 Å². The van der Waals surface area contributed by atoms with Gasteiger partial charge in [-0.3, -0.25) is 0 Å². The molecule has 0 fully saturated rings. The molecule has 0 spiro atoms. The van der Waals surface area contributed by atoms with Crippen LogP contribution in [0.5, 0.6) is 11.5 Å². The first kappa shape index (κ1) is 40.0. The third-order valence-electron chi connectivity index (χ3n) is 8.71. The first-order valence-corrected chi connectivity index (χ1v) is 18.7. The smallest absolute Gasteiger partial charge is 0.118 e. The van der Waals surface area contributed by atoms with Gasteiger partial charge in [0.15, 0.2) is 0 Å². The summed E-state index contributed by atoms with van der Waals surface area (Å²) in [5, 5.41) is 17.7. The predicted molar refractivity (Wildman–Crippen MR) is 238 cm³/mol. The topological polar surface area (TPSA) is 40.5 Å². The van der Waals surface area contributed by atoms with Crippen LogP contribution >= 0.6 is 0 Å². The minimum Gasteiger partial charge on any atom is -0.508 e. The zero-order valence-corrected chi connectivity index (χ0v) is 32.0. The molecule has 2 nitrogen and oxygen atoms in total. The number of aryl methyl sites for hydroxylation is 2. The maximum atomic E-state index is 8.92. The fraction of sp³-hybridized carbons (Fsp3) is 0.0370. The van der Waals surface area contributed by atoms with Crippen molar-refractivity contribution in [2.24, 2.45) is 0 Å². The number of rotatable bonds is 6. The van der Waals surface area contributed by atoms with Gasteiger partial charge in [0, 0.05) is 0 Å². The average Bonchev–Trinajstić information content (AvgIpc) is 3.27. The van der Waals surface area contributed by atoms with Crippen molar-refractivity contribution in [2.75, 3.05) is 0 Å². The minimum atomic E-state index is 0.329. The van der Waals surface area contributed by atoms with E-state index in [1.807, 2.05) is 56.3 Å². The van der Waals surface area contributed by atoms with E-state index in [2.05, 4.69) is 182 Å². The molecule has 8 aromatic carbocycles. The molecule has 8 aromatic rings. The normalized spacial score (nSPS) is 9.75. The summed E-state index contributed by atoms with van der Waals surface area (Å²) in [7, 11) is 0. The third kappa shape index (κ3) is 13.4. The lowest BCUT2D eigenvalue weighted by atomic mass is 9.96. The first-order valence-electron chi connectivity index (χ1n) is 18.7. The van der Waals surface area contributed by atoms with Crippen molar-refractivity contribution in [1.82, 2.24) is 0 Å². The highest BCUT2D eigenvalue weighted by Gasteiger charge is 2.05. The highest BCUT2D eigenvalue weighted by atomic mass is 16.3. The van der Waals surface area contributed by atoms with Crippen molar-refractivity contribution >= 4 is 23.3 Å². The summed E-state index contributed by atoms with van der Waals surface area (Å²) in [4.78, 5) is 0. The van der Waals surface area contributed by atoms with Gasteiger partial charge in [-0.2, -0.15) is 0 Å². The third-order valence-corrected chi connectivity index (χ3v) is 8.71. The fourth-order valence-electron chi connectivity index (χ4n) is 5.68. The second-order valence-electron chi connectivity index (χ2n) is 13.0. The molecule has 2 N–H and O–H groups in total. The number of para-hydroxylation sites is 1. The molecule has 0 aliphatic heterocycles. The summed E-state index contributed by atoms with van der Waals surface area (Å²) in [5.74, 6) is 0.697. The average molecular weight is 729 g/mol. The van der Waals surface area contributed by atoms with E-state index in [0.29, 0.717) is 11.5 Å². The second kappa shape index (κ2) is 22.1. The van der Waals surface area contributed by atoms with Crippen molar-refractivity contribution < 1.29 is 10.2 Å². The standard InChI is InChI=1S/2C20H16.2C7H8O/c2*1-4-10-17(11-5-1)16-20(18-12-6-2-7-13-18)19-14-8-3-9-15-19;1-6-2-4-7(8)5-3-6;1-6-4-2-3-5-7(6)8/h2*1-16H;2*2-5,8H,1H3. The minimum absolute atomic E-state index is 0.329. The lowest BCUT2D eigenvalue weighted by Crippen LogP contribution is -1.87. The predicted octanol–water partition coefficient (Wildman–Crippen LogP) is 14.0. The van der Waals surface area contributed by atoms with Crippen LogP contribution < -0.4 is 0 Å². The van der Waals surface area contributed by atoms with E-state index in [0.717, 1.165) is 5.56 Å². The Morgan fingerprint density at radius 2 is 0.607 bits per heavy atom. The molecule has 0 saturated carbocycles. The Hall–Kier alpha value is -7.16. The number of phenols is 2. The number of hydrogen-bond donors (Lipinski definition) is 2. The van der Waals surface area contributed by atoms with Gasteiger partial charge >= 0.3 is 0 Å². The van der Waals surface area contributed by atoms with Crippen LogP contribution in [-0.4, -0.2) is 10.2 Å². The quantitative estimate of drug-likeness (QED) is 0.167. The van der Waals surface area contributed by atoms with Gasteiger partial charge in [0.1, 0.15) is 11.5 Å². The molecule has 0 atom stereocenters. The molecule has 0 unspecified atom stereocenters. The van der Waals surface area contributed by atoms with E-state index in [-0.39, 0.29) is 0 Å². The summed E-state index contributed by atoms with van der Waals surface area (Å²) < 4.78 is 0. The molecule has 0 saturated heterocycles. The molecule has 56 heavy (non-hydrogen) atoms.